The van der Waals surface area contributed by atoms with Crippen molar-refractivity contribution in [1.29, 1.82) is 0 Å². The average molecular weight is 193 g/mol. The zero-order valence-corrected chi connectivity index (χ0v) is 9.30. The predicted octanol–water partition coefficient (Wildman–Crippen LogP) is 2.27. The van der Waals surface area contributed by atoms with Crippen LogP contribution >= 0.6 is 0 Å². The van der Waals surface area contributed by atoms with Gasteiger partial charge >= 0.3 is 0 Å². The van der Waals surface area contributed by atoms with Crippen molar-refractivity contribution >= 4 is 5.82 Å². The third-order valence-corrected chi connectivity index (χ3v) is 2.39. The first kappa shape index (κ1) is 11.0. The maximum absolute atomic E-state index is 5.89. The summed E-state index contributed by atoms with van der Waals surface area (Å²) in [4.78, 5) is 8.69. The van der Waals surface area contributed by atoms with Gasteiger partial charge in [-0.3, -0.25) is 0 Å². The minimum Gasteiger partial charge on any atom is -0.383 e. The fourth-order valence-electron chi connectivity index (χ4n) is 1.50. The second-order valence-corrected chi connectivity index (χ2v) is 3.55. The Morgan fingerprint density at radius 3 is 2.43 bits per heavy atom. The molecule has 14 heavy (non-hydrogen) atoms. The molecule has 1 aromatic heterocycles. The molecule has 0 bridgehead atoms. The normalized spacial score (nSPS) is 10.5. The van der Waals surface area contributed by atoms with Crippen molar-refractivity contribution in [3.63, 3.8) is 0 Å². The van der Waals surface area contributed by atoms with E-state index in [1.54, 1.807) is 0 Å². The van der Waals surface area contributed by atoms with Crippen LogP contribution in [-0.4, -0.2) is 9.97 Å². The first-order chi connectivity index (χ1) is 6.69. The maximum Gasteiger partial charge on any atom is 0.130 e. The lowest BCUT2D eigenvalue weighted by Crippen LogP contribution is -2.06. The first-order valence-electron chi connectivity index (χ1n) is 5.30. The van der Waals surface area contributed by atoms with Crippen LogP contribution in [0.4, 0.5) is 5.82 Å². The Morgan fingerprint density at radius 1 is 1.21 bits per heavy atom. The molecule has 0 saturated carbocycles. The number of hydrogen-bond donors (Lipinski definition) is 1. The Hall–Kier alpha value is -1.12. The molecule has 3 nitrogen and oxygen atoms in total. The summed E-state index contributed by atoms with van der Waals surface area (Å²) in [7, 11) is 0. The zero-order chi connectivity index (χ0) is 10.6. The van der Waals surface area contributed by atoms with Crippen molar-refractivity contribution in [3.8, 4) is 0 Å². The molecular weight excluding hydrogens is 174 g/mol. The van der Waals surface area contributed by atoms with E-state index in [4.69, 9.17) is 5.73 Å². The molecule has 0 aliphatic carbocycles. The second kappa shape index (κ2) is 4.94. The van der Waals surface area contributed by atoms with E-state index in [1.165, 1.54) is 6.42 Å². The molecule has 0 unspecified atom stereocenters. The molecule has 0 amide bonds. The van der Waals surface area contributed by atoms with Crippen LogP contribution in [0.25, 0.3) is 0 Å². The quantitative estimate of drug-likeness (QED) is 0.798. The van der Waals surface area contributed by atoms with E-state index in [2.05, 4.69) is 16.9 Å². The van der Waals surface area contributed by atoms with Gasteiger partial charge in [-0.1, -0.05) is 20.3 Å². The summed E-state index contributed by atoms with van der Waals surface area (Å²) in [6, 6.07) is 0. The molecule has 78 valence electrons. The van der Waals surface area contributed by atoms with E-state index in [0.717, 1.165) is 36.3 Å². The maximum atomic E-state index is 5.89. The molecule has 0 aliphatic heterocycles. The summed E-state index contributed by atoms with van der Waals surface area (Å²) in [5.74, 6) is 1.52. The highest BCUT2D eigenvalue weighted by atomic mass is 14.9. The van der Waals surface area contributed by atoms with E-state index in [9.17, 15) is 0 Å². The van der Waals surface area contributed by atoms with E-state index < -0.39 is 0 Å². The van der Waals surface area contributed by atoms with Gasteiger partial charge in [-0.25, -0.2) is 9.97 Å². The van der Waals surface area contributed by atoms with Gasteiger partial charge in [0.25, 0.3) is 0 Å². The molecule has 0 aromatic carbocycles. The van der Waals surface area contributed by atoms with Gasteiger partial charge < -0.3 is 5.73 Å². The van der Waals surface area contributed by atoms with Crippen molar-refractivity contribution < 1.29 is 0 Å². The second-order valence-electron chi connectivity index (χ2n) is 3.55. The Labute approximate surface area is 85.8 Å². The minimum atomic E-state index is 0.669. The molecule has 0 fully saturated rings. The van der Waals surface area contributed by atoms with Crippen molar-refractivity contribution in [2.24, 2.45) is 0 Å². The van der Waals surface area contributed by atoms with Crippen molar-refractivity contribution in [1.82, 2.24) is 9.97 Å². The largest absolute Gasteiger partial charge is 0.383 e. The first-order valence-corrected chi connectivity index (χ1v) is 5.30. The van der Waals surface area contributed by atoms with Gasteiger partial charge in [-0.2, -0.15) is 0 Å². The predicted molar refractivity (Wildman–Crippen MR) is 59.2 cm³/mol. The molecular formula is C11H19N3. The van der Waals surface area contributed by atoms with Gasteiger partial charge in [0.1, 0.15) is 11.6 Å². The molecule has 2 N–H and O–H groups in total. The van der Waals surface area contributed by atoms with Crippen LogP contribution < -0.4 is 5.73 Å². The number of nitrogens with zero attached hydrogens (tertiary/aromatic N) is 2. The lowest BCUT2D eigenvalue weighted by Gasteiger charge is -2.08. The molecule has 0 atom stereocenters. The number of nitrogens with two attached hydrogens (primary N) is 1. The summed E-state index contributed by atoms with van der Waals surface area (Å²) < 4.78 is 0. The third-order valence-electron chi connectivity index (χ3n) is 2.39. The van der Waals surface area contributed by atoms with Gasteiger partial charge in [0, 0.05) is 17.7 Å². The van der Waals surface area contributed by atoms with Crippen LogP contribution in [0.3, 0.4) is 0 Å². The van der Waals surface area contributed by atoms with Crippen LogP contribution in [0, 0.1) is 6.92 Å². The Balaban J connectivity index is 2.93. The van der Waals surface area contributed by atoms with E-state index in [-0.39, 0.29) is 0 Å². The van der Waals surface area contributed by atoms with E-state index in [1.807, 2.05) is 13.8 Å². The van der Waals surface area contributed by atoms with Crippen LogP contribution in [-0.2, 0) is 12.8 Å². The summed E-state index contributed by atoms with van der Waals surface area (Å²) in [6.45, 7) is 6.23. The molecule has 0 radical (unpaired) electrons. The zero-order valence-electron chi connectivity index (χ0n) is 9.30. The Morgan fingerprint density at radius 2 is 1.93 bits per heavy atom. The lowest BCUT2D eigenvalue weighted by atomic mass is 10.1. The highest BCUT2D eigenvalue weighted by molar-refractivity contribution is 5.42. The SMILES string of the molecule is CCCCc1c(C)nc(CC)nc1N. The van der Waals surface area contributed by atoms with Crippen molar-refractivity contribution in [2.75, 3.05) is 5.73 Å². The number of nitrogen functional groups attached to an aromatic ring is 1. The molecule has 3 heteroatoms. The number of anilines is 1. The fraction of sp³-hybridized carbons (Fsp3) is 0.636. The summed E-state index contributed by atoms with van der Waals surface area (Å²) in [6.07, 6.45) is 4.17. The third kappa shape index (κ3) is 2.44. The lowest BCUT2D eigenvalue weighted by molar-refractivity contribution is 0.776. The number of hydrogen-bond acceptors (Lipinski definition) is 3. The molecule has 1 rings (SSSR count). The van der Waals surface area contributed by atoms with Gasteiger partial charge in [-0.15, -0.1) is 0 Å². The summed E-state index contributed by atoms with van der Waals surface area (Å²) in [5.41, 5.74) is 8.06. The smallest absolute Gasteiger partial charge is 0.130 e. The van der Waals surface area contributed by atoms with Gasteiger partial charge in [0.05, 0.1) is 0 Å². The van der Waals surface area contributed by atoms with Gasteiger partial charge in [0.15, 0.2) is 0 Å². The monoisotopic (exact) mass is 193 g/mol. The van der Waals surface area contributed by atoms with E-state index >= 15 is 0 Å². The van der Waals surface area contributed by atoms with Crippen LogP contribution in [0.5, 0.6) is 0 Å². The highest BCUT2D eigenvalue weighted by Crippen LogP contribution is 2.15. The molecule has 1 heterocycles. The summed E-state index contributed by atoms with van der Waals surface area (Å²) in [5, 5.41) is 0. The Bertz CT molecular complexity index is 284. The van der Waals surface area contributed by atoms with Crippen LogP contribution in [0.2, 0.25) is 0 Å². The Kier molecular flexibility index (Phi) is 3.86. The molecule has 0 saturated heterocycles. The average Bonchev–Trinajstić information content (AvgIpc) is 2.16. The standard InChI is InChI=1S/C11H19N3/c1-4-6-7-9-8(3)13-10(5-2)14-11(9)12/h4-7H2,1-3H3,(H2,12,13,14). The fourth-order valence-corrected chi connectivity index (χ4v) is 1.50. The molecule has 1 aromatic rings. The molecule has 0 aliphatic rings. The summed E-state index contributed by atoms with van der Waals surface area (Å²) >= 11 is 0. The van der Waals surface area contributed by atoms with Gasteiger partial charge in [0.2, 0.25) is 0 Å². The van der Waals surface area contributed by atoms with Crippen molar-refractivity contribution in [2.45, 2.75) is 46.5 Å². The number of unbranched alkanes of at least 4 members (excludes halogenated alkanes) is 1. The number of rotatable bonds is 4. The van der Waals surface area contributed by atoms with Crippen molar-refractivity contribution in [3.05, 3.63) is 17.1 Å². The minimum absolute atomic E-state index is 0.669. The number of aryl methyl sites for hydroxylation is 2. The van der Waals surface area contributed by atoms with E-state index in [0.29, 0.717) is 5.82 Å². The van der Waals surface area contributed by atoms with Crippen LogP contribution in [0.1, 0.15) is 43.8 Å². The highest BCUT2D eigenvalue weighted by Gasteiger charge is 2.07. The topological polar surface area (TPSA) is 51.8 Å². The van der Waals surface area contributed by atoms with Crippen LogP contribution in [0.15, 0.2) is 0 Å². The molecule has 0 spiro atoms. The van der Waals surface area contributed by atoms with Gasteiger partial charge in [-0.05, 0) is 19.8 Å². The number of aromatic nitrogens is 2.